The van der Waals surface area contributed by atoms with E-state index < -0.39 is 0 Å². The van der Waals surface area contributed by atoms with Gasteiger partial charge < -0.3 is 15.4 Å². The fourth-order valence-corrected chi connectivity index (χ4v) is 2.33. The van der Waals surface area contributed by atoms with Gasteiger partial charge in [0, 0.05) is 30.3 Å². The van der Waals surface area contributed by atoms with E-state index in [4.69, 9.17) is 10.5 Å². The van der Waals surface area contributed by atoms with Gasteiger partial charge in [0.2, 0.25) is 0 Å². The molecule has 1 fully saturated rings. The quantitative estimate of drug-likeness (QED) is 0.735. The number of rotatable bonds is 5. The number of nitrogens with zero attached hydrogens (tertiary/aromatic N) is 1. The van der Waals surface area contributed by atoms with Crippen molar-refractivity contribution in [3.05, 3.63) is 0 Å². The molecular weight excluding hydrogens is 196 g/mol. The first-order chi connectivity index (χ1) is 6.58. The smallest absolute Gasteiger partial charge is 0.0624 e. The Labute approximate surface area is 91.4 Å². The van der Waals surface area contributed by atoms with Gasteiger partial charge in [-0.15, -0.1) is 0 Å². The topological polar surface area (TPSA) is 38.5 Å². The molecule has 0 radical (unpaired) electrons. The monoisotopic (exact) mass is 218 g/mol. The zero-order valence-corrected chi connectivity index (χ0v) is 10.3. The fourth-order valence-electron chi connectivity index (χ4n) is 1.83. The minimum atomic E-state index is 0.146. The first-order valence-corrected chi connectivity index (χ1v) is 6.49. The molecule has 1 rings (SSSR count). The molecule has 0 aliphatic carbocycles. The number of ether oxygens (including phenoxy) is 1. The fraction of sp³-hybridized carbons (Fsp3) is 1.00. The Hall–Kier alpha value is 0.230. The van der Waals surface area contributed by atoms with Crippen LogP contribution in [0.15, 0.2) is 0 Å². The van der Waals surface area contributed by atoms with Gasteiger partial charge in [-0.2, -0.15) is 11.8 Å². The summed E-state index contributed by atoms with van der Waals surface area (Å²) in [6.45, 7) is 5.91. The van der Waals surface area contributed by atoms with E-state index in [1.807, 2.05) is 11.8 Å². The Morgan fingerprint density at radius 2 is 2.36 bits per heavy atom. The van der Waals surface area contributed by atoms with Crippen molar-refractivity contribution in [1.29, 1.82) is 0 Å². The van der Waals surface area contributed by atoms with Crippen molar-refractivity contribution in [3.63, 3.8) is 0 Å². The van der Waals surface area contributed by atoms with Gasteiger partial charge in [-0.3, -0.25) is 0 Å². The zero-order valence-electron chi connectivity index (χ0n) is 9.45. The highest BCUT2D eigenvalue weighted by atomic mass is 32.2. The molecule has 0 spiro atoms. The van der Waals surface area contributed by atoms with Crippen molar-refractivity contribution < 1.29 is 4.74 Å². The van der Waals surface area contributed by atoms with Crippen LogP contribution in [-0.2, 0) is 4.74 Å². The van der Waals surface area contributed by atoms with Crippen molar-refractivity contribution >= 4 is 11.8 Å². The first kappa shape index (κ1) is 12.3. The Kier molecular flexibility index (Phi) is 4.70. The van der Waals surface area contributed by atoms with Gasteiger partial charge in [-0.25, -0.2) is 0 Å². The second-order valence-electron chi connectivity index (χ2n) is 4.51. The molecule has 1 aliphatic rings. The highest BCUT2D eigenvalue weighted by Gasteiger charge is 2.38. The lowest BCUT2D eigenvalue weighted by atomic mass is 9.85. The van der Waals surface area contributed by atoms with E-state index in [2.05, 4.69) is 25.1 Å². The summed E-state index contributed by atoms with van der Waals surface area (Å²) in [5.74, 6) is 1.18. The average Bonchev–Trinajstić information content (AvgIpc) is 2.43. The van der Waals surface area contributed by atoms with E-state index in [0.717, 1.165) is 19.7 Å². The van der Waals surface area contributed by atoms with Crippen LogP contribution >= 0.6 is 11.8 Å². The Morgan fingerprint density at radius 3 is 2.86 bits per heavy atom. The summed E-state index contributed by atoms with van der Waals surface area (Å²) in [7, 11) is 2.16. The molecule has 1 saturated heterocycles. The molecule has 84 valence electrons. The SMILES string of the molecule is CSCCN(C)CC1(C)COCC1N. The van der Waals surface area contributed by atoms with Crippen LogP contribution in [0.1, 0.15) is 6.92 Å². The van der Waals surface area contributed by atoms with Crippen LogP contribution in [-0.4, -0.2) is 56.3 Å². The minimum Gasteiger partial charge on any atom is -0.379 e. The third-order valence-electron chi connectivity index (χ3n) is 2.93. The van der Waals surface area contributed by atoms with Crippen LogP contribution in [0.2, 0.25) is 0 Å². The van der Waals surface area contributed by atoms with Crippen molar-refractivity contribution in [2.45, 2.75) is 13.0 Å². The Balaban J connectivity index is 2.34. The van der Waals surface area contributed by atoms with Crippen LogP contribution in [0.5, 0.6) is 0 Å². The van der Waals surface area contributed by atoms with Crippen LogP contribution in [0.25, 0.3) is 0 Å². The van der Waals surface area contributed by atoms with Crippen LogP contribution in [0.3, 0.4) is 0 Å². The van der Waals surface area contributed by atoms with Gasteiger partial charge in [0.25, 0.3) is 0 Å². The first-order valence-electron chi connectivity index (χ1n) is 5.09. The lowest BCUT2D eigenvalue weighted by Gasteiger charge is -2.31. The van der Waals surface area contributed by atoms with Gasteiger partial charge in [-0.1, -0.05) is 6.92 Å². The van der Waals surface area contributed by atoms with E-state index in [1.54, 1.807) is 0 Å². The molecule has 1 heterocycles. The molecule has 0 bridgehead atoms. The van der Waals surface area contributed by atoms with Crippen LogP contribution in [0, 0.1) is 5.41 Å². The lowest BCUT2D eigenvalue weighted by molar-refractivity contribution is 0.133. The average molecular weight is 218 g/mol. The normalized spacial score (nSPS) is 32.8. The second-order valence-corrected chi connectivity index (χ2v) is 5.49. The van der Waals surface area contributed by atoms with E-state index in [9.17, 15) is 0 Å². The third-order valence-corrected chi connectivity index (χ3v) is 3.52. The lowest BCUT2D eigenvalue weighted by Crippen LogP contribution is -2.46. The summed E-state index contributed by atoms with van der Waals surface area (Å²) in [6.07, 6.45) is 2.14. The number of nitrogens with two attached hydrogens (primary N) is 1. The summed E-state index contributed by atoms with van der Waals surface area (Å²) in [5, 5.41) is 0. The number of hydrogen-bond acceptors (Lipinski definition) is 4. The maximum atomic E-state index is 6.03. The largest absolute Gasteiger partial charge is 0.379 e. The summed E-state index contributed by atoms with van der Waals surface area (Å²) in [4.78, 5) is 2.35. The van der Waals surface area contributed by atoms with E-state index in [-0.39, 0.29) is 11.5 Å². The molecule has 0 amide bonds. The van der Waals surface area contributed by atoms with Gasteiger partial charge in [0.05, 0.1) is 13.2 Å². The molecule has 0 saturated carbocycles. The predicted molar refractivity (Wildman–Crippen MR) is 62.8 cm³/mol. The summed E-state index contributed by atoms with van der Waals surface area (Å²) < 4.78 is 5.42. The molecule has 2 N–H and O–H groups in total. The number of hydrogen-bond donors (Lipinski definition) is 1. The zero-order chi connectivity index (χ0) is 10.6. The third kappa shape index (κ3) is 3.12. The maximum absolute atomic E-state index is 6.03. The molecule has 2 unspecified atom stereocenters. The molecule has 0 aromatic rings. The van der Waals surface area contributed by atoms with Crippen LogP contribution < -0.4 is 5.73 Å². The molecule has 0 aromatic carbocycles. The van der Waals surface area contributed by atoms with E-state index in [0.29, 0.717) is 6.61 Å². The number of thioether (sulfide) groups is 1. The molecule has 14 heavy (non-hydrogen) atoms. The Morgan fingerprint density at radius 1 is 1.64 bits per heavy atom. The highest BCUT2D eigenvalue weighted by Crippen LogP contribution is 2.27. The van der Waals surface area contributed by atoms with Crippen molar-refractivity contribution in [1.82, 2.24) is 4.90 Å². The van der Waals surface area contributed by atoms with Gasteiger partial charge in [0.1, 0.15) is 0 Å². The summed E-state index contributed by atoms with van der Waals surface area (Å²) in [5.41, 5.74) is 6.18. The molecule has 1 aliphatic heterocycles. The van der Waals surface area contributed by atoms with Gasteiger partial charge >= 0.3 is 0 Å². The second kappa shape index (κ2) is 5.35. The summed E-state index contributed by atoms with van der Waals surface area (Å²) in [6, 6.07) is 0.194. The maximum Gasteiger partial charge on any atom is 0.0624 e. The van der Waals surface area contributed by atoms with E-state index >= 15 is 0 Å². The summed E-state index contributed by atoms with van der Waals surface area (Å²) >= 11 is 1.88. The van der Waals surface area contributed by atoms with Gasteiger partial charge in [-0.05, 0) is 13.3 Å². The molecule has 2 atom stereocenters. The minimum absolute atomic E-state index is 0.146. The molecule has 3 nitrogen and oxygen atoms in total. The molecular formula is C10H22N2OS. The van der Waals surface area contributed by atoms with E-state index in [1.165, 1.54) is 5.75 Å². The van der Waals surface area contributed by atoms with Crippen LogP contribution in [0.4, 0.5) is 0 Å². The van der Waals surface area contributed by atoms with Crippen molar-refractivity contribution in [2.75, 3.05) is 45.4 Å². The van der Waals surface area contributed by atoms with Crippen molar-refractivity contribution in [2.24, 2.45) is 11.1 Å². The highest BCUT2D eigenvalue weighted by molar-refractivity contribution is 7.98. The van der Waals surface area contributed by atoms with Gasteiger partial charge in [0.15, 0.2) is 0 Å². The standard InChI is InChI=1S/C10H22N2OS/c1-10(8-13-6-9(10)11)7-12(2)4-5-14-3/h9H,4-8,11H2,1-3H3. The molecule has 4 heteroatoms. The van der Waals surface area contributed by atoms with Crippen molar-refractivity contribution in [3.8, 4) is 0 Å². The Bertz CT molecular complexity index is 180. The molecule has 0 aromatic heterocycles. The predicted octanol–water partition coefficient (Wildman–Crippen LogP) is 0.645.